The Kier molecular flexibility index (Phi) is 6.33. The Labute approximate surface area is 315 Å². The Balaban J connectivity index is 1.14. The molecule has 0 saturated heterocycles. The first-order valence-electron chi connectivity index (χ1n) is 18.8. The Morgan fingerprint density at radius 3 is 1.31 bits per heavy atom. The molecular formula is C50H38N4. The van der Waals surface area contributed by atoms with E-state index in [0.717, 1.165) is 34.2 Å². The molecule has 0 unspecified atom stereocenters. The highest BCUT2D eigenvalue weighted by molar-refractivity contribution is 6.13. The van der Waals surface area contributed by atoms with Gasteiger partial charge in [-0.2, -0.15) is 0 Å². The SMILES string of the molecule is CC1(C)c2ccccc2-c2cc3c4cc5c(cc4n(-c4ccc(-c6nnc(-c7ccccc7)n6-c6ccccc6)cc4)c3cc21)C(C)(C)c1ccccc1-5. The number of hydrogen-bond donors (Lipinski definition) is 0. The molecule has 0 fully saturated rings. The molecule has 11 rings (SSSR count). The van der Waals surface area contributed by atoms with Crippen molar-refractivity contribution in [3.63, 3.8) is 0 Å². The van der Waals surface area contributed by atoms with Crippen LogP contribution in [-0.2, 0) is 10.8 Å². The number of aromatic nitrogens is 4. The predicted molar refractivity (Wildman–Crippen MR) is 222 cm³/mol. The van der Waals surface area contributed by atoms with Crippen LogP contribution in [0.5, 0.6) is 0 Å². The largest absolute Gasteiger partial charge is 0.309 e. The lowest BCUT2D eigenvalue weighted by molar-refractivity contribution is 0.660. The summed E-state index contributed by atoms with van der Waals surface area (Å²) in [4.78, 5) is 0. The van der Waals surface area contributed by atoms with Gasteiger partial charge >= 0.3 is 0 Å². The van der Waals surface area contributed by atoms with Crippen molar-refractivity contribution >= 4 is 21.8 Å². The van der Waals surface area contributed by atoms with Crippen LogP contribution in [0.15, 0.2) is 158 Å². The topological polar surface area (TPSA) is 35.6 Å². The lowest BCUT2D eigenvalue weighted by Gasteiger charge is -2.22. The minimum atomic E-state index is -0.105. The second-order valence-electron chi connectivity index (χ2n) is 15.9. The molecule has 0 radical (unpaired) electrons. The van der Waals surface area contributed by atoms with Crippen molar-refractivity contribution in [1.29, 1.82) is 0 Å². The molecule has 4 heteroatoms. The van der Waals surface area contributed by atoms with Crippen LogP contribution in [0.25, 0.3) is 78.2 Å². The summed E-state index contributed by atoms with van der Waals surface area (Å²) in [5, 5.41) is 12.1. The first kappa shape index (κ1) is 31.0. The summed E-state index contributed by atoms with van der Waals surface area (Å²) in [6.45, 7) is 9.47. The van der Waals surface area contributed by atoms with E-state index in [-0.39, 0.29) is 10.8 Å². The summed E-state index contributed by atoms with van der Waals surface area (Å²) in [5.74, 6) is 1.63. The van der Waals surface area contributed by atoms with Gasteiger partial charge in [-0.25, -0.2) is 0 Å². The third-order valence-electron chi connectivity index (χ3n) is 12.3. The van der Waals surface area contributed by atoms with Crippen molar-refractivity contribution in [2.75, 3.05) is 0 Å². The molecule has 54 heavy (non-hydrogen) atoms. The van der Waals surface area contributed by atoms with E-state index in [4.69, 9.17) is 10.2 Å². The van der Waals surface area contributed by atoms with E-state index in [9.17, 15) is 0 Å². The molecule has 0 atom stereocenters. The average Bonchev–Trinajstić information content (AvgIpc) is 3.91. The van der Waals surface area contributed by atoms with E-state index in [2.05, 4.69) is 170 Å². The maximum atomic E-state index is 4.79. The highest BCUT2D eigenvalue weighted by Crippen LogP contribution is 2.54. The first-order chi connectivity index (χ1) is 26.3. The summed E-state index contributed by atoms with van der Waals surface area (Å²) < 4.78 is 4.65. The van der Waals surface area contributed by atoms with E-state index >= 15 is 0 Å². The van der Waals surface area contributed by atoms with Gasteiger partial charge < -0.3 is 4.57 Å². The van der Waals surface area contributed by atoms with Crippen molar-refractivity contribution in [3.8, 4) is 56.4 Å². The number of nitrogens with zero attached hydrogens (tertiary/aromatic N) is 4. The van der Waals surface area contributed by atoms with Gasteiger partial charge in [-0.15, -0.1) is 10.2 Å². The second kappa shape index (κ2) is 11.0. The van der Waals surface area contributed by atoms with Gasteiger partial charge in [0.2, 0.25) is 0 Å². The lowest BCUT2D eigenvalue weighted by atomic mass is 9.82. The summed E-state index contributed by atoms with van der Waals surface area (Å²) in [6, 6.07) is 57.4. The fourth-order valence-electron chi connectivity index (χ4n) is 9.51. The summed E-state index contributed by atoms with van der Waals surface area (Å²) in [7, 11) is 0. The van der Waals surface area contributed by atoms with E-state index < -0.39 is 0 Å². The predicted octanol–water partition coefficient (Wildman–Crippen LogP) is 12.3. The standard InChI is InChI=1S/C50H38N4/c1-49(2)41-21-13-11-19-35(41)37-27-39-40-28-38-36-20-12-14-22-42(36)50(3,4)44(38)30-46(40)53(45(39)29-43(37)49)34-25-23-32(24-26-34)48-52-51-47(31-15-7-5-8-16-31)54(48)33-17-9-6-10-18-33/h5-30H,1-4H3. The Hall–Kier alpha value is -6.52. The van der Waals surface area contributed by atoms with Gasteiger partial charge in [-0.3, -0.25) is 4.57 Å². The molecule has 2 aromatic heterocycles. The molecule has 258 valence electrons. The van der Waals surface area contributed by atoms with Crippen molar-refractivity contribution in [2.24, 2.45) is 0 Å². The van der Waals surface area contributed by atoms with Crippen molar-refractivity contribution in [3.05, 3.63) is 180 Å². The van der Waals surface area contributed by atoms with Gasteiger partial charge in [-0.1, -0.05) is 125 Å². The van der Waals surface area contributed by atoms with Gasteiger partial charge in [0.1, 0.15) is 0 Å². The van der Waals surface area contributed by atoms with Crippen molar-refractivity contribution in [1.82, 2.24) is 19.3 Å². The van der Waals surface area contributed by atoms with Gasteiger partial charge in [0.05, 0.1) is 11.0 Å². The molecule has 0 aliphatic heterocycles. The first-order valence-corrected chi connectivity index (χ1v) is 18.8. The molecule has 4 nitrogen and oxygen atoms in total. The normalized spacial score (nSPS) is 14.6. The quantitative estimate of drug-likeness (QED) is 0.184. The smallest absolute Gasteiger partial charge is 0.168 e. The fraction of sp³-hybridized carbons (Fsp3) is 0.120. The Bertz CT molecular complexity index is 2840. The van der Waals surface area contributed by atoms with Gasteiger partial charge in [-0.05, 0) is 105 Å². The number of fused-ring (bicyclic) bond motifs is 9. The number of rotatable bonds is 4. The van der Waals surface area contributed by atoms with E-state index in [0.29, 0.717) is 0 Å². The Morgan fingerprint density at radius 1 is 0.370 bits per heavy atom. The minimum Gasteiger partial charge on any atom is -0.309 e. The Morgan fingerprint density at radius 2 is 0.796 bits per heavy atom. The number of hydrogen-bond acceptors (Lipinski definition) is 2. The van der Waals surface area contributed by atoms with Gasteiger partial charge in [0.15, 0.2) is 11.6 Å². The zero-order valence-corrected chi connectivity index (χ0v) is 30.8. The van der Waals surface area contributed by atoms with Crippen molar-refractivity contribution < 1.29 is 0 Å². The molecule has 2 aliphatic rings. The van der Waals surface area contributed by atoms with Crippen LogP contribution < -0.4 is 0 Å². The van der Waals surface area contributed by atoms with Crippen LogP contribution in [0.4, 0.5) is 0 Å². The molecule has 0 spiro atoms. The second-order valence-corrected chi connectivity index (χ2v) is 15.9. The van der Waals surface area contributed by atoms with Crippen LogP contribution in [0, 0.1) is 0 Å². The third kappa shape index (κ3) is 4.19. The summed E-state index contributed by atoms with van der Waals surface area (Å²) >= 11 is 0. The van der Waals surface area contributed by atoms with Crippen LogP contribution in [0.3, 0.4) is 0 Å². The van der Waals surface area contributed by atoms with Gasteiger partial charge in [0.25, 0.3) is 0 Å². The van der Waals surface area contributed by atoms with Crippen LogP contribution >= 0.6 is 0 Å². The zero-order valence-electron chi connectivity index (χ0n) is 30.8. The maximum absolute atomic E-state index is 4.79. The summed E-state index contributed by atoms with van der Waals surface area (Å²) in [6.07, 6.45) is 0. The highest BCUT2D eigenvalue weighted by Gasteiger charge is 2.38. The molecule has 0 amide bonds. The van der Waals surface area contributed by atoms with E-state index in [1.165, 1.54) is 66.3 Å². The van der Waals surface area contributed by atoms with Crippen LogP contribution in [-0.4, -0.2) is 19.3 Å². The molecular weight excluding hydrogens is 657 g/mol. The summed E-state index contributed by atoms with van der Waals surface area (Å²) in [5.41, 5.74) is 17.3. The van der Waals surface area contributed by atoms with Crippen LogP contribution in [0.2, 0.25) is 0 Å². The monoisotopic (exact) mass is 694 g/mol. The molecule has 0 saturated carbocycles. The molecule has 7 aromatic carbocycles. The highest BCUT2D eigenvalue weighted by atomic mass is 15.3. The van der Waals surface area contributed by atoms with Gasteiger partial charge in [0, 0.05) is 44.1 Å². The average molecular weight is 695 g/mol. The van der Waals surface area contributed by atoms with Crippen LogP contribution in [0.1, 0.15) is 49.9 Å². The minimum absolute atomic E-state index is 0.105. The molecule has 2 heterocycles. The lowest BCUT2D eigenvalue weighted by Crippen LogP contribution is -2.15. The molecule has 0 bridgehead atoms. The fourth-order valence-corrected chi connectivity index (χ4v) is 9.51. The van der Waals surface area contributed by atoms with Crippen molar-refractivity contribution in [2.45, 2.75) is 38.5 Å². The van der Waals surface area contributed by atoms with E-state index in [1.54, 1.807) is 0 Å². The van der Waals surface area contributed by atoms with E-state index in [1.807, 2.05) is 24.3 Å². The zero-order chi connectivity index (χ0) is 36.3. The third-order valence-corrected chi connectivity index (χ3v) is 12.3. The molecule has 9 aromatic rings. The molecule has 0 N–H and O–H groups in total. The maximum Gasteiger partial charge on any atom is 0.168 e. The number of benzene rings is 7. The molecule has 2 aliphatic carbocycles. The number of para-hydroxylation sites is 1.